The van der Waals surface area contributed by atoms with Crippen LogP contribution in [0.2, 0.25) is 0 Å². The summed E-state index contributed by atoms with van der Waals surface area (Å²) in [5, 5.41) is 0. The summed E-state index contributed by atoms with van der Waals surface area (Å²) < 4.78 is 25.7. The highest BCUT2D eigenvalue weighted by atomic mass is 32.2. The molecule has 4 nitrogen and oxygen atoms in total. The Labute approximate surface area is 139 Å². The van der Waals surface area contributed by atoms with Crippen LogP contribution in [0.5, 0.6) is 11.5 Å². The normalized spacial score (nSPS) is 15.0. The van der Waals surface area contributed by atoms with E-state index in [9.17, 15) is 4.21 Å². The minimum atomic E-state index is -1.25. The van der Waals surface area contributed by atoms with E-state index in [1.54, 1.807) is 7.11 Å². The maximum Gasteiger partial charge on any atom is 0.153 e. The lowest BCUT2D eigenvalue weighted by Crippen LogP contribution is -2.34. The lowest BCUT2D eigenvalue weighted by molar-refractivity contribution is 0.314. The van der Waals surface area contributed by atoms with E-state index in [1.807, 2.05) is 46.8 Å². The Kier molecular flexibility index (Phi) is 4.57. The van der Waals surface area contributed by atoms with Crippen LogP contribution < -0.4 is 13.8 Å². The predicted molar refractivity (Wildman–Crippen MR) is 92.8 cm³/mol. The van der Waals surface area contributed by atoms with Crippen molar-refractivity contribution in [2.45, 2.75) is 24.7 Å². The Morgan fingerprint density at radius 1 is 1.17 bits per heavy atom. The zero-order chi connectivity index (χ0) is 16.4. The molecule has 0 fully saturated rings. The molecule has 0 N–H and O–H groups in total. The van der Waals surface area contributed by atoms with Gasteiger partial charge in [-0.1, -0.05) is 26.0 Å². The standard InChI is InChI=1S/C18H21NO3S/c1-13(2)14-4-7-16(8-5-14)23(20)19-10-11-22-18-12-15(21-3)6-9-17(18)19/h4-9,12-13H,10-11H2,1-3H3. The molecule has 3 rings (SSSR count). The fourth-order valence-electron chi connectivity index (χ4n) is 2.57. The molecule has 122 valence electrons. The number of methoxy groups -OCH3 is 1. The fraction of sp³-hybridized carbons (Fsp3) is 0.333. The Balaban J connectivity index is 1.89. The van der Waals surface area contributed by atoms with Crippen LogP contribution in [0.1, 0.15) is 25.3 Å². The van der Waals surface area contributed by atoms with Crippen molar-refractivity contribution in [2.75, 3.05) is 24.6 Å². The first-order valence-corrected chi connectivity index (χ1v) is 8.81. The molecule has 1 heterocycles. The van der Waals surface area contributed by atoms with Gasteiger partial charge in [0.1, 0.15) is 18.1 Å². The van der Waals surface area contributed by atoms with E-state index in [1.165, 1.54) is 5.56 Å². The molecule has 0 aliphatic carbocycles. The topological polar surface area (TPSA) is 38.8 Å². The lowest BCUT2D eigenvalue weighted by atomic mass is 10.0. The van der Waals surface area contributed by atoms with Crippen molar-refractivity contribution >= 4 is 16.7 Å². The summed E-state index contributed by atoms with van der Waals surface area (Å²) in [6.45, 7) is 5.41. The van der Waals surface area contributed by atoms with E-state index >= 15 is 0 Å². The van der Waals surface area contributed by atoms with Gasteiger partial charge in [-0.3, -0.25) is 4.31 Å². The van der Waals surface area contributed by atoms with Crippen molar-refractivity contribution in [3.63, 3.8) is 0 Å². The molecule has 0 saturated heterocycles. The van der Waals surface area contributed by atoms with Gasteiger partial charge >= 0.3 is 0 Å². The second kappa shape index (κ2) is 6.62. The molecule has 23 heavy (non-hydrogen) atoms. The number of hydrogen-bond donors (Lipinski definition) is 0. The molecule has 1 aliphatic heterocycles. The van der Waals surface area contributed by atoms with Gasteiger partial charge in [-0.2, -0.15) is 0 Å². The van der Waals surface area contributed by atoms with E-state index in [2.05, 4.69) is 13.8 Å². The van der Waals surface area contributed by atoms with Gasteiger partial charge in [-0.25, -0.2) is 4.21 Å². The van der Waals surface area contributed by atoms with Gasteiger partial charge in [0.25, 0.3) is 0 Å². The van der Waals surface area contributed by atoms with Crippen molar-refractivity contribution in [1.82, 2.24) is 0 Å². The zero-order valence-electron chi connectivity index (χ0n) is 13.6. The molecule has 1 atom stereocenters. The van der Waals surface area contributed by atoms with Crippen LogP contribution in [0.4, 0.5) is 5.69 Å². The minimum absolute atomic E-state index is 0.467. The average Bonchev–Trinajstić information content (AvgIpc) is 2.60. The predicted octanol–water partition coefficient (Wildman–Crippen LogP) is 3.74. The van der Waals surface area contributed by atoms with Crippen LogP contribution in [-0.4, -0.2) is 24.5 Å². The van der Waals surface area contributed by atoms with Gasteiger partial charge in [0.2, 0.25) is 0 Å². The van der Waals surface area contributed by atoms with Crippen LogP contribution in [0.15, 0.2) is 47.4 Å². The Morgan fingerprint density at radius 2 is 1.91 bits per heavy atom. The second-order valence-corrected chi connectivity index (χ2v) is 7.17. The number of anilines is 1. The monoisotopic (exact) mass is 331 g/mol. The van der Waals surface area contributed by atoms with Gasteiger partial charge in [0, 0.05) is 6.07 Å². The van der Waals surface area contributed by atoms with Crippen molar-refractivity contribution < 1.29 is 13.7 Å². The summed E-state index contributed by atoms with van der Waals surface area (Å²) in [6, 6.07) is 13.6. The minimum Gasteiger partial charge on any atom is -0.497 e. The quantitative estimate of drug-likeness (QED) is 0.857. The Hall–Kier alpha value is -2.01. The van der Waals surface area contributed by atoms with Crippen LogP contribution in [-0.2, 0) is 11.0 Å². The number of nitrogens with zero attached hydrogens (tertiary/aromatic N) is 1. The molecule has 2 aromatic carbocycles. The summed E-state index contributed by atoms with van der Waals surface area (Å²) in [7, 11) is 0.373. The third-order valence-corrected chi connectivity index (χ3v) is 5.39. The first kappa shape index (κ1) is 15.9. The summed E-state index contributed by atoms with van der Waals surface area (Å²) in [6.07, 6.45) is 0. The maximum atomic E-state index is 12.9. The lowest BCUT2D eigenvalue weighted by Gasteiger charge is -2.30. The largest absolute Gasteiger partial charge is 0.497 e. The molecular weight excluding hydrogens is 310 g/mol. The Bertz CT molecular complexity index is 713. The smallest absolute Gasteiger partial charge is 0.153 e. The van der Waals surface area contributed by atoms with Gasteiger partial charge in [0.05, 0.1) is 24.2 Å². The highest BCUT2D eigenvalue weighted by molar-refractivity contribution is 7.86. The number of fused-ring (bicyclic) bond motifs is 1. The summed E-state index contributed by atoms with van der Waals surface area (Å²) >= 11 is 0. The van der Waals surface area contributed by atoms with Gasteiger partial charge in [-0.05, 0) is 35.7 Å². The van der Waals surface area contributed by atoms with Crippen molar-refractivity contribution in [2.24, 2.45) is 0 Å². The van der Waals surface area contributed by atoms with Gasteiger partial charge in [-0.15, -0.1) is 0 Å². The van der Waals surface area contributed by atoms with Crippen molar-refractivity contribution in [1.29, 1.82) is 0 Å². The molecule has 1 unspecified atom stereocenters. The highest BCUT2D eigenvalue weighted by Gasteiger charge is 2.24. The van der Waals surface area contributed by atoms with Crippen molar-refractivity contribution in [3.8, 4) is 11.5 Å². The molecule has 0 spiro atoms. The number of rotatable bonds is 4. The SMILES string of the molecule is COc1ccc2c(c1)OCCN2S(=O)c1ccc(C(C)C)cc1. The number of hydrogen-bond acceptors (Lipinski definition) is 3. The molecule has 0 amide bonds. The molecule has 0 bridgehead atoms. The van der Waals surface area contributed by atoms with Crippen LogP contribution in [0, 0.1) is 0 Å². The average molecular weight is 331 g/mol. The fourth-order valence-corrected chi connectivity index (χ4v) is 3.76. The van der Waals surface area contributed by atoms with Crippen LogP contribution in [0.25, 0.3) is 0 Å². The first-order chi connectivity index (χ1) is 11.1. The number of benzene rings is 2. The molecular formula is C18H21NO3S. The molecule has 0 radical (unpaired) electrons. The summed E-state index contributed by atoms with van der Waals surface area (Å²) in [5.41, 5.74) is 2.08. The highest BCUT2D eigenvalue weighted by Crippen LogP contribution is 2.36. The number of ether oxygens (including phenoxy) is 2. The van der Waals surface area contributed by atoms with Crippen LogP contribution in [0.3, 0.4) is 0 Å². The van der Waals surface area contributed by atoms with Gasteiger partial charge in [0.15, 0.2) is 11.0 Å². The van der Waals surface area contributed by atoms with Crippen LogP contribution >= 0.6 is 0 Å². The molecule has 1 aliphatic rings. The van der Waals surface area contributed by atoms with E-state index in [-0.39, 0.29) is 0 Å². The van der Waals surface area contributed by atoms with E-state index in [0.717, 1.165) is 16.3 Å². The molecule has 0 saturated carbocycles. The molecule has 2 aromatic rings. The first-order valence-electron chi connectivity index (χ1n) is 7.70. The van der Waals surface area contributed by atoms with E-state index in [4.69, 9.17) is 9.47 Å². The summed E-state index contributed by atoms with van der Waals surface area (Å²) in [4.78, 5) is 0.804. The second-order valence-electron chi connectivity index (χ2n) is 5.76. The zero-order valence-corrected chi connectivity index (χ0v) is 14.4. The summed E-state index contributed by atoms with van der Waals surface area (Å²) in [5.74, 6) is 1.91. The maximum absolute atomic E-state index is 12.9. The van der Waals surface area contributed by atoms with E-state index in [0.29, 0.717) is 24.8 Å². The van der Waals surface area contributed by atoms with Gasteiger partial charge < -0.3 is 9.47 Å². The third kappa shape index (κ3) is 3.20. The van der Waals surface area contributed by atoms with Crippen molar-refractivity contribution in [3.05, 3.63) is 48.0 Å². The molecule has 5 heteroatoms. The Morgan fingerprint density at radius 3 is 2.57 bits per heavy atom. The molecule has 0 aromatic heterocycles. The third-order valence-electron chi connectivity index (χ3n) is 3.94. The van der Waals surface area contributed by atoms with E-state index < -0.39 is 11.0 Å².